The van der Waals surface area contributed by atoms with Crippen LogP contribution < -0.4 is 16.4 Å². The summed E-state index contributed by atoms with van der Waals surface area (Å²) in [4.78, 5) is 22.9. The van der Waals surface area contributed by atoms with E-state index in [2.05, 4.69) is 10.6 Å². The van der Waals surface area contributed by atoms with Gasteiger partial charge < -0.3 is 16.4 Å². The van der Waals surface area contributed by atoms with Gasteiger partial charge in [0.2, 0.25) is 0 Å². The standard InChI is InChI=1S/C15H15N3O2/c1-10-5-7-12(8-6-10)17-14(19)11-3-2-4-13(9-11)18-15(16)20/h2-9H,1H3,(H,17,19)(H3,16,18,20). The summed E-state index contributed by atoms with van der Waals surface area (Å²) in [6.07, 6.45) is 0. The molecule has 0 fully saturated rings. The van der Waals surface area contributed by atoms with E-state index in [0.29, 0.717) is 16.9 Å². The largest absolute Gasteiger partial charge is 0.351 e. The molecular formula is C15H15N3O2. The van der Waals surface area contributed by atoms with Gasteiger partial charge in [-0.05, 0) is 37.3 Å². The molecule has 5 nitrogen and oxygen atoms in total. The second-order valence-corrected chi connectivity index (χ2v) is 4.39. The van der Waals surface area contributed by atoms with Crippen molar-refractivity contribution in [2.45, 2.75) is 6.92 Å². The average molecular weight is 269 g/mol. The molecule has 5 heteroatoms. The maximum absolute atomic E-state index is 12.1. The number of nitrogens with two attached hydrogens (primary N) is 1. The Hall–Kier alpha value is -2.82. The zero-order valence-electron chi connectivity index (χ0n) is 11.0. The molecule has 20 heavy (non-hydrogen) atoms. The predicted octanol–water partition coefficient (Wildman–Crippen LogP) is 2.74. The third kappa shape index (κ3) is 3.58. The minimum atomic E-state index is -0.666. The molecule has 3 amide bonds. The van der Waals surface area contributed by atoms with Gasteiger partial charge in [0.15, 0.2) is 0 Å². The molecule has 0 aromatic heterocycles. The van der Waals surface area contributed by atoms with Gasteiger partial charge in [-0.3, -0.25) is 4.79 Å². The zero-order chi connectivity index (χ0) is 14.5. The molecule has 2 aromatic carbocycles. The topological polar surface area (TPSA) is 84.2 Å². The van der Waals surface area contributed by atoms with E-state index in [1.54, 1.807) is 24.3 Å². The molecule has 2 aromatic rings. The van der Waals surface area contributed by atoms with Gasteiger partial charge >= 0.3 is 6.03 Å². The molecule has 0 heterocycles. The number of benzene rings is 2. The summed E-state index contributed by atoms with van der Waals surface area (Å²) >= 11 is 0. The van der Waals surface area contributed by atoms with E-state index in [1.807, 2.05) is 31.2 Å². The Bertz CT molecular complexity index is 636. The summed E-state index contributed by atoms with van der Waals surface area (Å²) in [7, 11) is 0. The molecule has 0 aliphatic carbocycles. The Kier molecular flexibility index (Phi) is 4.00. The number of rotatable bonds is 3. The Balaban J connectivity index is 2.12. The van der Waals surface area contributed by atoms with Crippen LogP contribution in [0.5, 0.6) is 0 Å². The van der Waals surface area contributed by atoms with Gasteiger partial charge in [0.05, 0.1) is 0 Å². The molecule has 4 N–H and O–H groups in total. The second kappa shape index (κ2) is 5.88. The van der Waals surface area contributed by atoms with Crippen LogP contribution in [0.15, 0.2) is 48.5 Å². The Morgan fingerprint density at radius 3 is 2.30 bits per heavy atom. The van der Waals surface area contributed by atoms with E-state index in [0.717, 1.165) is 5.56 Å². The van der Waals surface area contributed by atoms with Crippen molar-refractivity contribution >= 4 is 23.3 Å². The molecule has 0 spiro atoms. The molecule has 0 aliphatic heterocycles. The van der Waals surface area contributed by atoms with Crippen LogP contribution in [0.25, 0.3) is 0 Å². The van der Waals surface area contributed by atoms with Crippen molar-refractivity contribution in [2.24, 2.45) is 5.73 Å². The van der Waals surface area contributed by atoms with Crippen molar-refractivity contribution in [2.75, 3.05) is 10.6 Å². The minimum absolute atomic E-state index is 0.248. The van der Waals surface area contributed by atoms with Crippen molar-refractivity contribution in [1.82, 2.24) is 0 Å². The van der Waals surface area contributed by atoms with Crippen LogP contribution in [0.2, 0.25) is 0 Å². The normalized spacial score (nSPS) is 9.85. The molecule has 0 unspecified atom stereocenters. The maximum atomic E-state index is 12.1. The lowest BCUT2D eigenvalue weighted by Crippen LogP contribution is -2.19. The van der Waals surface area contributed by atoms with Gasteiger partial charge in [-0.1, -0.05) is 23.8 Å². The second-order valence-electron chi connectivity index (χ2n) is 4.39. The van der Waals surface area contributed by atoms with E-state index in [-0.39, 0.29) is 5.91 Å². The summed E-state index contributed by atoms with van der Waals surface area (Å²) in [5.74, 6) is -0.248. The number of amides is 3. The fourth-order valence-corrected chi connectivity index (χ4v) is 1.72. The molecule has 0 saturated carbocycles. The van der Waals surface area contributed by atoms with Gasteiger partial charge in [0, 0.05) is 16.9 Å². The zero-order valence-corrected chi connectivity index (χ0v) is 11.0. The maximum Gasteiger partial charge on any atom is 0.316 e. The number of hydrogen-bond donors (Lipinski definition) is 3. The number of anilines is 2. The lowest BCUT2D eigenvalue weighted by molar-refractivity contribution is 0.102. The minimum Gasteiger partial charge on any atom is -0.351 e. The first-order chi connectivity index (χ1) is 9.54. The number of nitrogens with one attached hydrogen (secondary N) is 2. The molecule has 0 bridgehead atoms. The molecule has 0 saturated heterocycles. The predicted molar refractivity (Wildman–Crippen MR) is 78.8 cm³/mol. The highest BCUT2D eigenvalue weighted by Crippen LogP contribution is 2.14. The molecule has 2 rings (SSSR count). The first-order valence-electron chi connectivity index (χ1n) is 6.09. The quantitative estimate of drug-likeness (QED) is 0.800. The first kappa shape index (κ1) is 13.6. The van der Waals surface area contributed by atoms with Crippen LogP contribution in [0, 0.1) is 6.92 Å². The number of hydrogen-bond acceptors (Lipinski definition) is 2. The SMILES string of the molecule is Cc1ccc(NC(=O)c2cccc(NC(N)=O)c2)cc1. The third-order valence-electron chi connectivity index (χ3n) is 2.70. The smallest absolute Gasteiger partial charge is 0.316 e. The van der Waals surface area contributed by atoms with Gasteiger partial charge in [-0.15, -0.1) is 0 Å². The van der Waals surface area contributed by atoms with Gasteiger partial charge in [-0.25, -0.2) is 4.79 Å². The summed E-state index contributed by atoms with van der Waals surface area (Å²) in [5.41, 5.74) is 7.80. The highest BCUT2D eigenvalue weighted by Gasteiger charge is 2.07. The molecule has 102 valence electrons. The monoisotopic (exact) mass is 269 g/mol. The van der Waals surface area contributed by atoms with E-state index in [9.17, 15) is 9.59 Å². The Morgan fingerprint density at radius 2 is 1.65 bits per heavy atom. The summed E-state index contributed by atoms with van der Waals surface area (Å²) in [6.45, 7) is 1.98. The molecular weight excluding hydrogens is 254 g/mol. The number of carbonyl (C=O) groups excluding carboxylic acids is 2. The fraction of sp³-hybridized carbons (Fsp3) is 0.0667. The molecule has 0 aliphatic rings. The van der Waals surface area contributed by atoms with Crippen LogP contribution in [0.4, 0.5) is 16.2 Å². The van der Waals surface area contributed by atoms with Crippen molar-refractivity contribution < 1.29 is 9.59 Å². The number of aryl methyl sites for hydroxylation is 1. The van der Waals surface area contributed by atoms with Crippen LogP contribution in [-0.4, -0.2) is 11.9 Å². The van der Waals surface area contributed by atoms with Crippen molar-refractivity contribution in [3.8, 4) is 0 Å². The van der Waals surface area contributed by atoms with Crippen molar-refractivity contribution in [3.05, 3.63) is 59.7 Å². The number of urea groups is 1. The molecule has 0 radical (unpaired) electrons. The van der Waals surface area contributed by atoms with Gasteiger partial charge in [0.1, 0.15) is 0 Å². The Labute approximate surface area is 116 Å². The summed E-state index contributed by atoms with van der Waals surface area (Å²) in [6, 6.07) is 13.4. The van der Waals surface area contributed by atoms with Crippen molar-refractivity contribution in [1.29, 1.82) is 0 Å². The van der Waals surface area contributed by atoms with Crippen molar-refractivity contribution in [3.63, 3.8) is 0 Å². The summed E-state index contributed by atoms with van der Waals surface area (Å²) < 4.78 is 0. The van der Waals surface area contributed by atoms with Gasteiger partial charge in [0.25, 0.3) is 5.91 Å². The van der Waals surface area contributed by atoms with Gasteiger partial charge in [-0.2, -0.15) is 0 Å². The van der Waals surface area contributed by atoms with E-state index < -0.39 is 6.03 Å². The van der Waals surface area contributed by atoms with Crippen LogP contribution in [-0.2, 0) is 0 Å². The molecule has 0 atom stereocenters. The van der Waals surface area contributed by atoms with E-state index in [1.165, 1.54) is 0 Å². The van der Waals surface area contributed by atoms with E-state index in [4.69, 9.17) is 5.73 Å². The van der Waals surface area contributed by atoms with Crippen LogP contribution in [0.3, 0.4) is 0 Å². The fourth-order valence-electron chi connectivity index (χ4n) is 1.72. The highest BCUT2D eigenvalue weighted by molar-refractivity contribution is 6.05. The van der Waals surface area contributed by atoms with Crippen LogP contribution in [0.1, 0.15) is 15.9 Å². The van der Waals surface area contributed by atoms with Crippen LogP contribution >= 0.6 is 0 Å². The lowest BCUT2D eigenvalue weighted by atomic mass is 10.1. The summed E-state index contributed by atoms with van der Waals surface area (Å²) in [5, 5.41) is 5.21. The Morgan fingerprint density at radius 1 is 0.950 bits per heavy atom. The number of carbonyl (C=O) groups is 2. The van der Waals surface area contributed by atoms with E-state index >= 15 is 0 Å². The highest BCUT2D eigenvalue weighted by atomic mass is 16.2. The number of primary amides is 1. The third-order valence-corrected chi connectivity index (χ3v) is 2.70. The first-order valence-corrected chi connectivity index (χ1v) is 6.09. The lowest BCUT2D eigenvalue weighted by Gasteiger charge is -2.07. The average Bonchev–Trinajstić information content (AvgIpc) is 2.41.